The van der Waals surface area contributed by atoms with E-state index in [-0.39, 0.29) is 0 Å². The number of nitrogens with one attached hydrogen (secondary N) is 1. The highest BCUT2D eigenvalue weighted by Gasteiger charge is 2.13. The van der Waals surface area contributed by atoms with Crippen molar-refractivity contribution >= 4 is 21.4 Å². The molecule has 0 spiro atoms. The van der Waals surface area contributed by atoms with Crippen molar-refractivity contribution in [2.24, 2.45) is 0 Å². The van der Waals surface area contributed by atoms with Crippen LogP contribution in [0.3, 0.4) is 0 Å². The lowest BCUT2D eigenvalue weighted by molar-refractivity contribution is 0.408. The Morgan fingerprint density at radius 2 is 2.20 bits per heavy atom. The molecule has 0 aliphatic rings. The zero-order valence-corrected chi connectivity index (χ0v) is 12.4. The standard InChI is InChI=1S/C15H17N3OS/c1-10-12-5-3-4-6-13(12)20-15(10)11(2)16-8-7-14-17-9-19-18-14/h3-6,9,11,16H,7-8H2,1-2H3. The molecule has 0 saturated heterocycles. The zero-order valence-electron chi connectivity index (χ0n) is 11.6. The Labute approximate surface area is 121 Å². The number of nitrogens with zero attached hydrogens (tertiary/aromatic N) is 2. The Hall–Kier alpha value is -1.72. The van der Waals surface area contributed by atoms with Crippen LogP contribution in [0.25, 0.3) is 10.1 Å². The quantitative estimate of drug-likeness (QED) is 0.780. The smallest absolute Gasteiger partial charge is 0.213 e. The van der Waals surface area contributed by atoms with Crippen LogP contribution < -0.4 is 5.32 Å². The maximum absolute atomic E-state index is 4.73. The fourth-order valence-electron chi connectivity index (χ4n) is 2.40. The molecule has 104 valence electrons. The molecule has 1 N–H and O–H groups in total. The van der Waals surface area contributed by atoms with Gasteiger partial charge in [-0.3, -0.25) is 0 Å². The monoisotopic (exact) mass is 287 g/mol. The first-order valence-electron chi connectivity index (χ1n) is 6.72. The fraction of sp³-hybridized carbons (Fsp3) is 0.333. The van der Waals surface area contributed by atoms with Crippen LogP contribution in [0.4, 0.5) is 0 Å². The van der Waals surface area contributed by atoms with Gasteiger partial charge in [-0.2, -0.15) is 4.98 Å². The molecule has 20 heavy (non-hydrogen) atoms. The van der Waals surface area contributed by atoms with Gasteiger partial charge in [-0.25, -0.2) is 0 Å². The van der Waals surface area contributed by atoms with Crippen LogP contribution in [0.5, 0.6) is 0 Å². The van der Waals surface area contributed by atoms with Gasteiger partial charge in [0.2, 0.25) is 6.39 Å². The van der Waals surface area contributed by atoms with Crippen molar-refractivity contribution in [3.8, 4) is 0 Å². The Bertz CT molecular complexity index is 690. The van der Waals surface area contributed by atoms with E-state index in [9.17, 15) is 0 Å². The minimum atomic E-state index is 0.333. The molecule has 0 bridgehead atoms. The molecule has 3 rings (SSSR count). The van der Waals surface area contributed by atoms with E-state index in [0.29, 0.717) is 6.04 Å². The molecule has 1 aromatic carbocycles. The SMILES string of the molecule is Cc1c(C(C)NCCc2ncon2)sc2ccccc12. The maximum atomic E-state index is 4.73. The topological polar surface area (TPSA) is 51.0 Å². The second-order valence-corrected chi connectivity index (χ2v) is 5.94. The summed E-state index contributed by atoms with van der Waals surface area (Å²) >= 11 is 1.87. The van der Waals surface area contributed by atoms with Crippen LogP contribution in [0.1, 0.15) is 29.2 Å². The van der Waals surface area contributed by atoms with Gasteiger partial charge in [0.1, 0.15) is 0 Å². The third kappa shape index (κ3) is 2.59. The van der Waals surface area contributed by atoms with E-state index < -0.39 is 0 Å². The average Bonchev–Trinajstić information content (AvgIpc) is 3.08. The summed E-state index contributed by atoms with van der Waals surface area (Å²) in [5, 5.41) is 8.70. The number of aromatic nitrogens is 2. The molecule has 3 aromatic rings. The third-order valence-electron chi connectivity index (χ3n) is 3.48. The Balaban J connectivity index is 1.69. The van der Waals surface area contributed by atoms with E-state index in [2.05, 4.69) is 53.6 Å². The highest BCUT2D eigenvalue weighted by molar-refractivity contribution is 7.19. The summed E-state index contributed by atoms with van der Waals surface area (Å²) in [6.45, 7) is 5.24. The molecule has 5 heteroatoms. The molecule has 1 unspecified atom stereocenters. The molecule has 2 heterocycles. The van der Waals surface area contributed by atoms with Gasteiger partial charge in [0.15, 0.2) is 5.82 Å². The van der Waals surface area contributed by atoms with Crippen LogP contribution in [-0.4, -0.2) is 16.7 Å². The highest BCUT2D eigenvalue weighted by Crippen LogP contribution is 2.34. The van der Waals surface area contributed by atoms with Crippen LogP contribution in [-0.2, 0) is 6.42 Å². The molecule has 0 amide bonds. The molecule has 1 atom stereocenters. The molecule has 0 aliphatic carbocycles. The minimum Gasteiger partial charge on any atom is -0.343 e. The third-order valence-corrected chi connectivity index (χ3v) is 4.94. The molecule has 0 aliphatic heterocycles. The second kappa shape index (κ2) is 5.73. The molecular weight excluding hydrogens is 270 g/mol. The molecule has 2 aromatic heterocycles. The summed E-state index contributed by atoms with van der Waals surface area (Å²) in [6, 6.07) is 8.90. The predicted molar refractivity (Wildman–Crippen MR) is 81.0 cm³/mol. The average molecular weight is 287 g/mol. The Kier molecular flexibility index (Phi) is 3.80. The molecular formula is C15H17N3OS. The Morgan fingerprint density at radius 1 is 1.35 bits per heavy atom. The number of hydrogen-bond donors (Lipinski definition) is 1. The molecule has 0 radical (unpaired) electrons. The second-order valence-electron chi connectivity index (χ2n) is 4.86. The normalized spacial score (nSPS) is 12.9. The summed E-state index contributed by atoms with van der Waals surface area (Å²) < 4.78 is 6.08. The van der Waals surface area contributed by atoms with Crippen molar-refractivity contribution in [1.82, 2.24) is 15.5 Å². The minimum absolute atomic E-state index is 0.333. The first-order chi connectivity index (χ1) is 9.75. The summed E-state index contributed by atoms with van der Waals surface area (Å²) in [5.41, 5.74) is 1.38. The van der Waals surface area contributed by atoms with Crippen LogP contribution in [0.2, 0.25) is 0 Å². The lowest BCUT2D eigenvalue weighted by Crippen LogP contribution is -2.21. The van der Waals surface area contributed by atoms with Gasteiger partial charge in [-0.15, -0.1) is 11.3 Å². The van der Waals surface area contributed by atoms with Crippen molar-refractivity contribution in [3.05, 3.63) is 46.9 Å². The number of fused-ring (bicyclic) bond motifs is 1. The summed E-state index contributed by atoms with van der Waals surface area (Å²) in [6.07, 6.45) is 2.15. The van der Waals surface area contributed by atoms with E-state index in [1.165, 1.54) is 26.9 Å². The Morgan fingerprint density at radius 3 is 2.95 bits per heavy atom. The van der Waals surface area contributed by atoms with Crippen LogP contribution in [0, 0.1) is 6.92 Å². The van der Waals surface area contributed by atoms with Crippen LogP contribution in [0.15, 0.2) is 35.2 Å². The van der Waals surface area contributed by atoms with Crippen molar-refractivity contribution in [2.45, 2.75) is 26.3 Å². The number of benzene rings is 1. The van der Waals surface area contributed by atoms with E-state index in [1.54, 1.807) is 0 Å². The molecule has 4 nitrogen and oxygen atoms in total. The van der Waals surface area contributed by atoms with Gasteiger partial charge in [-0.05, 0) is 30.9 Å². The molecule has 0 fully saturated rings. The van der Waals surface area contributed by atoms with Crippen molar-refractivity contribution in [2.75, 3.05) is 6.54 Å². The van der Waals surface area contributed by atoms with Gasteiger partial charge < -0.3 is 9.84 Å². The molecule has 0 saturated carbocycles. The fourth-order valence-corrected chi connectivity index (χ4v) is 3.64. The summed E-state index contributed by atoms with van der Waals surface area (Å²) in [7, 11) is 0. The number of rotatable bonds is 5. The van der Waals surface area contributed by atoms with Gasteiger partial charge in [0, 0.05) is 28.6 Å². The largest absolute Gasteiger partial charge is 0.343 e. The van der Waals surface area contributed by atoms with Gasteiger partial charge in [0.05, 0.1) is 0 Å². The lowest BCUT2D eigenvalue weighted by atomic mass is 10.1. The van der Waals surface area contributed by atoms with Crippen LogP contribution >= 0.6 is 11.3 Å². The van der Waals surface area contributed by atoms with E-state index in [0.717, 1.165) is 18.8 Å². The number of aryl methyl sites for hydroxylation is 1. The van der Waals surface area contributed by atoms with Crippen molar-refractivity contribution in [1.29, 1.82) is 0 Å². The van der Waals surface area contributed by atoms with E-state index >= 15 is 0 Å². The first-order valence-corrected chi connectivity index (χ1v) is 7.54. The van der Waals surface area contributed by atoms with Gasteiger partial charge in [-0.1, -0.05) is 23.4 Å². The maximum Gasteiger partial charge on any atom is 0.213 e. The number of hydrogen-bond acceptors (Lipinski definition) is 5. The van der Waals surface area contributed by atoms with Crippen molar-refractivity contribution < 1.29 is 4.52 Å². The van der Waals surface area contributed by atoms with E-state index in [4.69, 9.17) is 4.52 Å². The first kappa shape index (κ1) is 13.3. The predicted octanol–water partition coefficient (Wildman–Crippen LogP) is 3.49. The summed E-state index contributed by atoms with van der Waals surface area (Å²) in [4.78, 5) is 5.43. The van der Waals surface area contributed by atoms with E-state index in [1.807, 2.05) is 11.3 Å². The zero-order chi connectivity index (χ0) is 13.9. The van der Waals surface area contributed by atoms with Crippen molar-refractivity contribution in [3.63, 3.8) is 0 Å². The summed E-state index contributed by atoms with van der Waals surface area (Å²) in [5.74, 6) is 0.748. The lowest BCUT2D eigenvalue weighted by Gasteiger charge is -2.12. The number of thiophene rings is 1. The van der Waals surface area contributed by atoms with Gasteiger partial charge in [0.25, 0.3) is 0 Å². The van der Waals surface area contributed by atoms with Gasteiger partial charge >= 0.3 is 0 Å². The highest BCUT2D eigenvalue weighted by atomic mass is 32.1.